The molecule has 0 aliphatic carbocycles. The number of anilines is 3. The smallest absolute Gasteiger partial charge is 0.147 e. The zero-order valence-electron chi connectivity index (χ0n) is 13.4. The molecule has 5 heteroatoms. The first-order valence-corrected chi connectivity index (χ1v) is 7.27. The van der Waals surface area contributed by atoms with Crippen LogP contribution in [0, 0.1) is 0 Å². The van der Waals surface area contributed by atoms with Gasteiger partial charge >= 0.3 is 0 Å². The highest BCUT2D eigenvalue weighted by molar-refractivity contribution is 5.63. The van der Waals surface area contributed by atoms with Crippen LogP contribution in [0.3, 0.4) is 0 Å². The molecule has 3 N–H and O–H groups in total. The summed E-state index contributed by atoms with van der Waals surface area (Å²) in [4.78, 5) is 1.81. The molecule has 0 aliphatic heterocycles. The Labute approximate surface area is 136 Å². The summed E-state index contributed by atoms with van der Waals surface area (Å²) in [6, 6.07) is 15.3. The van der Waals surface area contributed by atoms with E-state index >= 15 is 0 Å². The normalized spacial score (nSPS) is 11.0. The number of allylic oxidation sites excluding steroid dienone is 1. The summed E-state index contributed by atoms with van der Waals surface area (Å²) in [6.07, 6.45) is 3.79. The molecule has 0 aliphatic rings. The monoisotopic (exact) mass is 307 g/mol. The maximum atomic E-state index is 5.67. The van der Waals surface area contributed by atoms with Crippen LogP contribution in [-0.2, 0) is 0 Å². The van der Waals surface area contributed by atoms with Crippen molar-refractivity contribution >= 4 is 22.7 Å². The molecular formula is C18H21N5. The van der Waals surface area contributed by atoms with Crippen molar-refractivity contribution in [1.29, 1.82) is 0 Å². The Hall–Kier alpha value is -3.08. The molecule has 118 valence electrons. The van der Waals surface area contributed by atoms with E-state index in [4.69, 9.17) is 5.73 Å². The molecular weight excluding hydrogens is 286 g/mol. The van der Waals surface area contributed by atoms with Crippen LogP contribution in [0.15, 0.2) is 83.4 Å². The molecule has 0 radical (unpaired) electrons. The summed E-state index contributed by atoms with van der Waals surface area (Å²) in [7, 11) is 1.88. The maximum absolute atomic E-state index is 5.67. The van der Waals surface area contributed by atoms with Crippen LogP contribution in [0.25, 0.3) is 0 Å². The SMILES string of the molecule is C=C(N=Nc1ccc(Nc2ccc(N)cc2)cc1)N(C)/C=C\C. The van der Waals surface area contributed by atoms with Gasteiger partial charge < -0.3 is 16.0 Å². The van der Waals surface area contributed by atoms with E-state index in [2.05, 4.69) is 22.1 Å². The second kappa shape index (κ2) is 7.79. The fourth-order valence-electron chi connectivity index (χ4n) is 1.84. The first kappa shape index (κ1) is 16.3. The van der Waals surface area contributed by atoms with Crippen molar-refractivity contribution in [2.24, 2.45) is 10.2 Å². The molecule has 0 saturated heterocycles. The van der Waals surface area contributed by atoms with Crippen LogP contribution in [0.5, 0.6) is 0 Å². The van der Waals surface area contributed by atoms with Gasteiger partial charge in [-0.1, -0.05) is 12.7 Å². The lowest BCUT2D eigenvalue weighted by Crippen LogP contribution is -2.06. The Morgan fingerprint density at radius 2 is 1.65 bits per heavy atom. The highest BCUT2D eigenvalue weighted by Gasteiger charge is 1.97. The van der Waals surface area contributed by atoms with Gasteiger partial charge in [-0.2, -0.15) is 0 Å². The van der Waals surface area contributed by atoms with E-state index in [-0.39, 0.29) is 0 Å². The van der Waals surface area contributed by atoms with E-state index in [0.717, 1.165) is 22.7 Å². The third-order valence-corrected chi connectivity index (χ3v) is 3.13. The average molecular weight is 307 g/mol. The van der Waals surface area contributed by atoms with Crippen molar-refractivity contribution in [3.8, 4) is 0 Å². The van der Waals surface area contributed by atoms with Crippen molar-refractivity contribution in [2.75, 3.05) is 18.1 Å². The van der Waals surface area contributed by atoms with Gasteiger partial charge in [0.2, 0.25) is 0 Å². The zero-order valence-corrected chi connectivity index (χ0v) is 13.4. The minimum absolute atomic E-state index is 0.576. The Balaban J connectivity index is 1.99. The third kappa shape index (κ3) is 5.00. The van der Waals surface area contributed by atoms with Gasteiger partial charge in [0, 0.05) is 30.3 Å². The van der Waals surface area contributed by atoms with E-state index in [1.54, 1.807) is 4.90 Å². The lowest BCUT2D eigenvalue weighted by molar-refractivity contribution is 0.555. The van der Waals surface area contributed by atoms with Gasteiger partial charge in [-0.25, -0.2) is 0 Å². The van der Waals surface area contributed by atoms with Gasteiger partial charge in [0.1, 0.15) is 5.82 Å². The summed E-state index contributed by atoms with van der Waals surface area (Å²) in [6.45, 7) is 5.80. The topological polar surface area (TPSA) is 66.0 Å². The summed E-state index contributed by atoms with van der Waals surface area (Å²) >= 11 is 0. The summed E-state index contributed by atoms with van der Waals surface area (Å²) in [5, 5.41) is 11.6. The number of nitrogens with one attached hydrogen (secondary N) is 1. The Bertz CT molecular complexity index is 699. The van der Waals surface area contributed by atoms with Gasteiger partial charge in [0.05, 0.1) is 5.69 Å². The minimum Gasteiger partial charge on any atom is -0.399 e. The lowest BCUT2D eigenvalue weighted by Gasteiger charge is -2.11. The molecule has 0 atom stereocenters. The molecule has 23 heavy (non-hydrogen) atoms. The fourth-order valence-corrected chi connectivity index (χ4v) is 1.84. The first-order valence-electron chi connectivity index (χ1n) is 7.27. The van der Waals surface area contributed by atoms with Crippen LogP contribution in [0.2, 0.25) is 0 Å². The zero-order chi connectivity index (χ0) is 16.7. The number of azo groups is 1. The second-order valence-corrected chi connectivity index (χ2v) is 5.00. The minimum atomic E-state index is 0.576. The Morgan fingerprint density at radius 3 is 2.22 bits per heavy atom. The molecule has 0 aromatic heterocycles. The average Bonchev–Trinajstić information content (AvgIpc) is 2.56. The van der Waals surface area contributed by atoms with Crippen LogP contribution in [-0.4, -0.2) is 11.9 Å². The van der Waals surface area contributed by atoms with E-state index in [0.29, 0.717) is 5.82 Å². The molecule has 0 saturated carbocycles. The molecule has 5 nitrogen and oxygen atoms in total. The van der Waals surface area contributed by atoms with Crippen molar-refractivity contribution in [1.82, 2.24) is 4.90 Å². The summed E-state index contributed by atoms with van der Waals surface area (Å²) in [5.74, 6) is 0.576. The Kier molecular flexibility index (Phi) is 5.52. The van der Waals surface area contributed by atoms with Crippen molar-refractivity contribution < 1.29 is 0 Å². The second-order valence-electron chi connectivity index (χ2n) is 5.00. The van der Waals surface area contributed by atoms with Gasteiger partial charge in [0.15, 0.2) is 0 Å². The summed E-state index contributed by atoms with van der Waals surface area (Å²) < 4.78 is 0. The fraction of sp³-hybridized carbons (Fsp3) is 0.111. The lowest BCUT2D eigenvalue weighted by atomic mass is 10.2. The van der Waals surface area contributed by atoms with Gasteiger partial charge in [-0.3, -0.25) is 0 Å². The largest absolute Gasteiger partial charge is 0.399 e. The maximum Gasteiger partial charge on any atom is 0.147 e. The molecule has 2 aromatic carbocycles. The van der Waals surface area contributed by atoms with Crippen LogP contribution < -0.4 is 11.1 Å². The van der Waals surface area contributed by atoms with Crippen molar-refractivity contribution in [3.63, 3.8) is 0 Å². The predicted octanol–water partition coefficient (Wildman–Crippen LogP) is 5.03. The standard InChI is InChI=1S/C18H21N5/c1-4-13-23(3)14(2)21-22-18-11-9-17(10-12-18)20-16-7-5-15(19)6-8-16/h4-13,20H,2,19H2,1,3H3/b13-4-,22-21?. The van der Waals surface area contributed by atoms with E-state index in [1.807, 2.05) is 74.8 Å². The molecule has 0 unspecified atom stereocenters. The molecule has 0 amide bonds. The molecule has 0 heterocycles. The quantitative estimate of drug-likeness (QED) is 0.581. The molecule has 2 aromatic rings. The third-order valence-electron chi connectivity index (χ3n) is 3.13. The van der Waals surface area contributed by atoms with Gasteiger partial charge in [-0.05, 0) is 55.5 Å². The Morgan fingerprint density at radius 1 is 1.09 bits per heavy atom. The molecule has 0 fully saturated rings. The number of nitrogens with zero attached hydrogens (tertiary/aromatic N) is 3. The van der Waals surface area contributed by atoms with Crippen LogP contribution >= 0.6 is 0 Å². The molecule has 0 bridgehead atoms. The highest BCUT2D eigenvalue weighted by Crippen LogP contribution is 2.21. The number of rotatable bonds is 6. The van der Waals surface area contributed by atoms with Gasteiger partial charge in [-0.15, -0.1) is 10.2 Å². The number of hydrogen-bond acceptors (Lipinski definition) is 5. The highest BCUT2D eigenvalue weighted by atomic mass is 15.3. The van der Waals surface area contributed by atoms with Gasteiger partial charge in [0.25, 0.3) is 0 Å². The predicted molar refractivity (Wildman–Crippen MR) is 96.8 cm³/mol. The van der Waals surface area contributed by atoms with Crippen molar-refractivity contribution in [2.45, 2.75) is 6.92 Å². The number of nitrogen functional groups attached to an aromatic ring is 1. The summed E-state index contributed by atoms with van der Waals surface area (Å²) in [5.41, 5.74) is 9.14. The number of nitrogens with two attached hydrogens (primary N) is 1. The van der Waals surface area contributed by atoms with Crippen molar-refractivity contribution in [3.05, 3.63) is 73.2 Å². The van der Waals surface area contributed by atoms with E-state index < -0.39 is 0 Å². The van der Waals surface area contributed by atoms with E-state index in [1.165, 1.54) is 0 Å². The van der Waals surface area contributed by atoms with Crippen LogP contribution in [0.4, 0.5) is 22.7 Å². The molecule has 2 rings (SSSR count). The number of benzene rings is 2. The number of hydrogen-bond donors (Lipinski definition) is 2. The first-order chi connectivity index (χ1) is 11.1. The van der Waals surface area contributed by atoms with Crippen LogP contribution in [0.1, 0.15) is 6.92 Å². The molecule has 0 spiro atoms. The van der Waals surface area contributed by atoms with E-state index in [9.17, 15) is 0 Å².